The van der Waals surface area contributed by atoms with Crippen LogP contribution in [0.2, 0.25) is 0 Å². The largest absolute Gasteiger partial charge is 0.358 e. The maximum absolute atomic E-state index is 4.94. The lowest BCUT2D eigenvalue weighted by atomic mass is 10.0. The molecule has 3 N–H and O–H groups in total. The summed E-state index contributed by atoms with van der Waals surface area (Å²) in [7, 11) is 0. The molecule has 1 aliphatic heterocycles. The van der Waals surface area contributed by atoms with Crippen molar-refractivity contribution in [2.75, 3.05) is 15.5 Å². The van der Waals surface area contributed by atoms with Crippen molar-refractivity contribution < 1.29 is 0 Å². The number of hydrogen-bond donors (Lipinski definition) is 3. The molecule has 0 saturated heterocycles. The third-order valence-electron chi connectivity index (χ3n) is 5.84. The van der Waals surface area contributed by atoms with Gasteiger partial charge < -0.3 is 15.5 Å². The van der Waals surface area contributed by atoms with Gasteiger partial charge in [-0.05, 0) is 31.7 Å². The molecule has 7 nitrogen and oxygen atoms in total. The molecule has 1 fully saturated rings. The van der Waals surface area contributed by atoms with Gasteiger partial charge in [-0.25, -0.2) is 4.98 Å². The number of hydrogen-bond acceptors (Lipinski definition) is 7. The van der Waals surface area contributed by atoms with Crippen LogP contribution in [0.5, 0.6) is 0 Å². The lowest BCUT2D eigenvalue weighted by Gasteiger charge is -2.45. The van der Waals surface area contributed by atoms with E-state index >= 15 is 0 Å². The Kier molecular flexibility index (Phi) is 6.12. The molecule has 4 rings (SSSR count). The summed E-state index contributed by atoms with van der Waals surface area (Å²) < 4.78 is 0. The smallest absolute Gasteiger partial charge is 0.225 e. The van der Waals surface area contributed by atoms with Crippen LogP contribution in [0.4, 0.5) is 17.5 Å². The molecule has 1 aliphatic carbocycles. The van der Waals surface area contributed by atoms with Gasteiger partial charge in [-0.2, -0.15) is 10.1 Å². The molecule has 1 aromatic heterocycles. The maximum Gasteiger partial charge on any atom is 0.225 e. The Labute approximate surface area is 173 Å². The fourth-order valence-corrected chi connectivity index (χ4v) is 4.45. The Morgan fingerprint density at radius 1 is 1.24 bits per heavy atom. The van der Waals surface area contributed by atoms with Gasteiger partial charge in [0.2, 0.25) is 5.95 Å². The predicted octanol–water partition coefficient (Wildman–Crippen LogP) is 3.96. The van der Waals surface area contributed by atoms with Crippen LogP contribution < -0.4 is 21.0 Å². The normalized spacial score (nSPS) is 21.8. The van der Waals surface area contributed by atoms with Crippen LogP contribution in [0.1, 0.15) is 51.5 Å². The Bertz CT molecular complexity index is 817. The summed E-state index contributed by atoms with van der Waals surface area (Å²) in [6.07, 6.45) is 9.75. The van der Waals surface area contributed by atoms with E-state index in [1.807, 2.05) is 31.3 Å². The van der Waals surface area contributed by atoms with E-state index in [1.165, 1.54) is 31.2 Å². The van der Waals surface area contributed by atoms with E-state index in [4.69, 9.17) is 4.98 Å². The van der Waals surface area contributed by atoms with E-state index in [-0.39, 0.29) is 12.2 Å². The summed E-state index contributed by atoms with van der Waals surface area (Å²) in [5.41, 5.74) is 5.46. The number of nitrogens with zero attached hydrogens (tertiary/aromatic N) is 4. The van der Waals surface area contributed by atoms with Gasteiger partial charge in [-0.1, -0.05) is 50.1 Å². The van der Waals surface area contributed by atoms with Crippen LogP contribution in [-0.4, -0.2) is 34.4 Å². The summed E-state index contributed by atoms with van der Waals surface area (Å²) in [6.45, 7) is 4.87. The fourth-order valence-electron chi connectivity index (χ4n) is 4.45. The van der Waals surface area contributed by atoms with E-state index < -0.39 is 0 Å². The van der Waals surface area contributed by atoms with Crippen LogP contribution in [0.25, 0.3) is 0 Å². The molecule has 1 aromatic carbocycles. The van der Waals surface area contributed by atoms with Crippen molar-refractivity contribution in [3.05, 3.63) is 42.1 Å². The van der Waals surface area contributed by atoms with E-state index in [0.717, 1.165) is 17.9 Å². The molecule has 1 saturated carbocycles. The number of aromatic nitrogens is 2. The number of fused-ring (bicyclic) bond motifs is 1. The lowest BCUT2D eigenvalue weighted by molar-refractivity contribution is 0.392. The second-order valence-electron chi connectivity index (χ2n) is 7.73. The molecule has 7 heteroatoms. The van der Waals surface area contributed by atoms with Crippen molar-refractivity contribution in [3.8, 4) is 0 Å². The van der Waals surface area contributed by atoms with Crippen LogP contribution in [0.15, 0.2) is 41.6 Å². The highest BCUT2D eigenvalue weighted by Gasteiger charge is 2.39. The van der Waals surface area contributed by atoms with Gasteiger partial charge in [0.05, 0.1) is 17.9 Å². The molecule has 2 heterocycles. The van der Waals surface area contributed by atoms with Gasteiger partial charge in [-0.15, -0.1) is 0 Å². The average molecular weight is 394 g/mol. The Morgan fingerprint density at radius 2 is 2.03 bits per heavy atom. The van der Waals surface area contributed by atoms with Gasteiger partial charge in [0, 0.05) is 18.8 Å². The van der Waals surface area contributed by atoms with Crippen molar-refractivity contribution in [2.24, 2.45) is 5.10 Å². The molecule has 0 bridgehead atoms. The molecular weight excluding hydrogens is 362 g/mol. The molecule has 2 atom stereocenters. The Hall–Kier alpha value is -2.83. The molecule has 2 unspecified atom stereocenters. The minimum atomic E-state index is 0.0380. The van der Waals surface area contributed by atoms with Gasteiger partial charge in [-0.3, -0.25) is 5.43 Å². The van der Waals surface area contributed by atoms with Crippen LogP contribution in [0.3, 0.4) is 0 Å². The minimum absolute atomic E-state index is 0.0380. The molecule has 154 valence electrons. The topological polar surface area (TPSA) is 77.5 Å². The summed E-state index contributed by atoms with van der Waals surface area (Å²) in [6, 6.07) is 11.1. The quantitative estimate of drug-likeness (QED) is 0.488. The van der Waals surface area contributed by atoms with Crippen LogP contribution >= 0.6 is 0 Å². The van der Waals surface area contributed by atoms with E-state index in [0.29, 0.717) is 18.5 Å². The number of hydrazone groups is 1. The molecular formula is C22H31N7. The summed E-state index contributed by atoms with van der Waals surface area (Å²) >= 11 is 0. The first-order chi connectivity index (χ1) is 14.3. The Morgan fingerprint density at radius 3 is 2.76 bits per heavy atom. The number of benzene rings is 1. The zero-order chi connectivity index (χ0) is 20.1. The highest BCUT2D eigenvalue weighted by Crippen LogP contribution is 2.38. The highest BCUT2D eigenvalue weighted by atomic mass is 15.4. The standard InChI is InChI=1S/C22H31N7/c1-3-19-20(28-25-4-2)26-18-15-24-22(23-14-16-10-6-5-7-11-16)27-21(18)29(19)17-12-8-9-13-17/h4-7,10-11,15,17,19-20,26,28H,3,8-9,12-14H2,1-2H3,(H,23,24,27)/b25-4-. The zero-order valence-corrected chi connectivity index (χ0v) is 17.3. The maximum atomic E-state index is 4.94. The van der Waals surface area contributed by atoms with Gasteiger partial charge >= 0.3 is 0 Å². The predicted molar refractivity (Wildman–Crippen MR) is 119 cm³/mol. The summed E-state index contributed by atoms with van der Waals surface area (Å²) in [5, 5.41) is 11.2. The third-order valence-corrected chi connectivity index (χ3v) is 5.84. The van der Waals surface area contributed by atoms with Crippen molar-refractivity contribution in [3.63, 3.8) is 0 Å². The zero-order valence-electron chi connectivity index (χ0n) is 17.3. The lowest BCUT2D eigenvalue weighted by Crippen LogP contribution is -2.58. The van der Waals surface area contributed by atoms with Gasteiger partial charge in [0.15, 0.2) is 5.82 Å². The van der Waals surface area contributed by atoms with Crippen molar-refractivity contribution >= 4 is 23.7 Å². The van der Waals surface area contributed by atoms with Crippen molar-refractivity contribution in [2.45, 2.75) is 70.7 Å². The fraction of sp³-hybridized carbons (Fsp3) is 0.500. The average Bonchev–Trinajstić information content (AvgIpc) is 3.30. The summed E-state index contributed by atoms with van der Waals surface area (Å²) in [5.74, 6) is 1.68. The van der Waals surface area contributed by atoms with Gasteiger partial charge in [0.1, 0.15) is 6.17 Å². The van der Waals surface area contributed by atoms with E-state index in [9.17, 15) is 0 Å². The number of nitrogens with one attached hydrogen (secondary N) is 3. The van der Waals surface area contributed by atoms with Crippen molar-refractivity contribution in [1.29, 1.82) is 0 Å². The molecule has 0 amide bonds. The second-order valence-corrected chi connectivity index (χ2v) is 7.73. The Balaban J connectivity index is 1.61. The molecule has 2 aliphatic rings. The monoisotopic (exact) mass is 393 g/mol. The molecule has 0 spiro atoms. The van der Waals surface area contributed by atoms with E-state index in [1.54, 1.807) is 6.21 Å². The van der Waals surface area contributed by atoms with Crippen LogP contribution in [-0.2, 0) is 6.54 Å². The van der Waals surface area contributed by atoms with Crippen molar-refractivity contribution in [1.82, 2.24) is 15.4 Å². The van der Waals surface area contributed by atoms with Gasteiger partial charge in [0.25, 0.3) is 0 Å². The first-order valence-corrected chi connectivity index (χ1v) is 10.7. The molecule has 29 heavy (non-hydrogen) atoms. The van der Waals surface area contributed by atoms with E-state index in [2.05, 4.69) is 50.1 Å². The summed E-state index contributed by atoms with van der Waals surface area (Å²) in [4.78, 5) is 12.0. The minimum Gasteiger partial charge on any atom is -0.358 e. The second kappa shape index (κ2) is 9.11. The first-order valence-electron chi connectivity index (χ1n) is 10.7. The number of anilines is 3. The molecule has 2 aromatic rings. The third kappa shape index (κ3) is 4.28. The molecule has 0 radical (unpaired) electrons. The highest BCUT2D eigenvalue weighted by molar-refractivity contribution is 5.70. The SMILES string of the molecule is C/C=N\NC1Nc2cnc(NCc3ccccc3)nc2N(C2CCCC2)C1CC. The first kappa shape index (κ1) is 19.5. The number of rotatable bonds is 7. The van der Waals surface area contributed by atoms with Crippen LogP contribution in [0, 0.1) is 0 Å².